The van der Waals surface area contributed by atoms with Crippen molar-refractivity contribution in [1.82, 2.24) is 0 Å². The maximum atomic E-state index is 5.67. The minimum absolute atomic E-state index is 0.0930. The number of hydrogen-bond donors (Lipinski definition) is 0. The molecule has 0 spiro atoms. The van der Waals surface area contributed by atoms with E-state index in [0.29, 0.717) is 6.10 Å². The highest BCUT2D eigenvalue weighted by molar-refractivity contribution is 5.37. The molecule has 0 aromatic heterocycles. The molecular formula is C40H56O. The summed E-state index contributed by atoms with van der Waals surface area (Å²) in [4.78, 5) is 0. The van der Waals surface area contributed by atoms with Crippen LogP contribution in [-0.4, -0.2) is 11.7 Å². The third-order valence-electron chi connectivity index (χ3n) is 8.03. The van der Waals surface area contributed by atoms with Crippen LogP contribution in [-0.2, 0) is 4.74 Å². The maximum absolute atomic E-state index is 5.67. The van der Waals surface area contributed by atoms with Gasteiger partial charge in [-0.25, -0.2) is 0 Å². The van der Waals surface area contributed by atoms with Crippen molar-refractivity contribution in [3.8, 4) is 0 Å². The van der Waals surface area contributed by atoms with Crippen molar-refractivity contribution in [2.45, 2.75) is 113 Å². The Morgan fingerprint density at radius 1 is 0.707 bits per heavy atom. The molecule has 2 aliphatic rings. The zero-order valence-electron chi connectivity index (χ0n) is 27.7. The van der Waals surface area contributed by atoms with E-state index in [0.717, 1.165) is 12.8 Å². The fourth-order valence-corrected chi connectivity index (χ4v) is 5.11. The molecule has 1 aliphatic heterocycles. The smallest absolute Gasteiger partial charge is 0.0892 e. The molecule has 222 valence electrons. The highest BCUT2D eigenvalue weighted by atomic mass is 16.6. The van der Waals surface area contributed by atoms with Crippen LogP contribution in [0.25, 0.3) is 0 Å². The van der Waals surface area contributed by atoms with Crippen LogP contribution in [0, 0.1) is 5.41 Å². The van der Waals surface area contributed by atoms with E-state index in [9.17, 15) is 0 Å². The molecule has 0 radical (unpaired) electrons. The van der Waals surface area contributed by atoms with Crippen LogP contribution in [0.4, 0.5) is 0 Å². The van der Waals surface area contributed by atoms with E-state index in [4.69, 9.17) is 4.74 Å². The Kier molecular flexibility index (Phi) is 13.8. The van der Waals surface area contributed by atoms with Gasteiger partial charge >= 0.3 is 0 Å². The van der Waals surface area contributed by atoms with Crippen molar-refractivity contribution in [2.24, 2.45) is 5.41 Å². The molecule has 0 aromatic rings. The van der Waals surface area contributed by atoms with Gasteiger partial charge in [0.25, 0.3) is 0 Å². The fourth-order valence-electron chi connectivity index (χ4n) is 5.11. The number of epoxide rings is 1. The Labute approximate surface area is 252 Å². The highest BCUT2D eigenvalue weighted by Gasteiger charge is 2.46. The summed E-state index contributed by atoms with van der Waals surface area (Å²) in [7, 11) is 0. The molecule has 1 atom stereocenters. The summed E-state index contributed by atoms with van der Waals surface area (Å²) in [6.07, 6.45) is 38.9. The molecule has 1 unspecified atom stereocenters. The normalized spacial score (nSPS) is 23.0. The first kappa shape index (κ1) is 34.3. The molecular weight excluding hydrogens is 496 g/mol. The van der Waals surface area contributed by atoms with Crippen LogP contribution >= 0.6 is 0 Å². The van der Waals surface area contributed by atoms with Gasteiger partial charge in [0.2, 0.25) is 0 Å². The van der Waals surface area contributed by atoms with Crippen LogP contribution in [0.1, 0.15) is 101 Å². The Hall–Kier alpha value is -2.90. The molecule has 0 aromatic carbocycles. The quantitative estimate of drug-likeness (QED) is 0.163. The van der Waals surface area contributed by atoms with Crippen LogP contribution in [0.15, 0.2) is 130 Å². The summed E-state index contributed by atoms with van der Waals surface area (Å²) in [5.74, 6) is 0. The molecule has 2 rings (SSSR count). The van der Waals surface area contributed by atoms with Crippen molar-refractivity contribution in [3.63, 3.8) is 0 Å². The van der Waals surface area contributed by atoms with Gasteiger partial charge in [-0.3, -0.25) is 0 Å². The average Bonchev–Trinajstić information content (AvgIpc) is 3.50. The summed E-state index contributed by atoms with van der Waals surface area (Å²) >= 11 is 0. The lowest BCUT2D eigenvalue weighted by Gasteiger charge is -2.32. The van der Waals surface area contributed by atoms with E-state index >= 15 is 0 Å². The molecule has 1 saturated heterocycles. The van der Waals surface area contributed by atoms with Gasteiger partial charge in [0.15, 0.2) is 0 Å². The minimum atomic E-state index is 0.0930. The van der Waals surface area contributed by atoms with Crippen LogP contribution in [0.3, 0.4) is 0 Å². The summed E-state index contributed by atoms with van der Waals surface area (Å²) in [6.45, 7) is 22.1. The van der Waals surface area contributed by atoms with E-state index in [2.05, 4.69) is 160 Å². The van der Waals surface area contributed by atoms with Crippen molar-refractivity contribution in [2.75, 3.05) is 0 Å². The van der Waals surface area contributed by atoms with Gasteiger partial charge in [-0.05, 0) is 98.5 Å². The average molecular weight is 553 g/mol. The number of rotatable bonds is 13. The van der Waals surface area contributed by atoms with E-state index in [1.807, 2.05) is 0 Å². The fraction of sp³-hybridized carbons (Fsp3) is 0.450. The van der Waals surface area contributed by atoms with Crippen LogP contribution in [0.2, 0.25) is 0 Å². The Morgan fingerprint density at radius 2 is 1.17 bits per heavy atom. The third kappa shape index (κ3) is 13.5. The van der Waals surface area contributed by atoms with Crippen molar-refractivity contribution in [1.29, 1.82) is 0 Å². The zero-order chi connectivity index (χ0) is 30.5. The minimum Gasteiger partial charge on any atom is -0.367 e. The monoisotopic (exact) mass is 552 g/mol. The largest absolute Gasteiger partial charge is 0.367 e. The highest BCUT2D eigenvalue weighted by Crippen LogP contribution is 2.41. The molecule has 0 N–H and O–H groups in total. The topological polar surface area (TPSA) is 12.5 Å². The second kappa shape index (κ2) is 16.5. The molecule has 0 saturated carbocycles. The Bertz CT molecular complexity index is 1220. The summed E-state index contributed by atoms with van der Waals surface area (Å²) in [5.41, 5.74) is 9.78. The van der Waals surface area contributed by atoms with E-state index in [-0.39, 0.29) is 11.0 Å². The molecule has 0 amide bonds. The lowest BCUT2D eigenvalue weighted by Crippen LogP contribution is -2.19. The van der Waals surface area contributed by atoms with Gasteiger partial charge in [0.1, 0.15) is 0 Å². The predicted molar refractivity (Wildman–Crippen MR) is 183 cm³/mol. The molecule has 1 heteroatoms. The van der Waals surface area contributed by atoms with Crippen molar-refractivity contribution >= 4 is 0 Å². The first-order chi connectivity index (χ1) is 19.3. The van der Waals surface area contributed by atoms with Gasteiger partial charge < -0.3 is 4.74 Å². The standard InChI is InChI=1S/C40H56O/c1-31(19-13-21-33(3)22-15-24-35(5)27-29-38-40(9,10)41-38)17-11-12-18-32(2)20-14-23-34(4)26-28-37-36(6)25-16-30-39(37,7)8/h11-15,17-24,26,28,38H,16,25,27,29-30H2,1-10H3. The lowest BCUT2D eigenvalue weighted by atomic mass is 9.72. The molecule has 41 heavy (non-hydrogen) atoms. The zero-order valence-corrected chi connectivity index (χ0v) is 27.7. The van der Waals surface area contributed by atoms with Gasteiger partial charge in [-0.15, -0.1) is 0 Å². The van der Waals surface area contributed by atoms with E-state index < -0.39 is 0 Å². The lowest BCUT2D eigenvalue weighted by molar-refractivity contribution is 0.320. The Balaban J connectivity index is 1.79. The first-order valence-corrected chi connectivity index (χ1v) is 15.4. The van der Waals surface area contributed by atoms with Gasteiger partial charge in [0, 0.05) is 0 Å². The Morgan fingerprint density at radius 3 is 1.66 bits per heavy atom. The van der Waals surface area contributed by atoms with Crippen LogP contribution < -0.4 is 0 Å². The second-order valence-electron chi connectivity index (χ2n) is 13.1. The summed E-state index contributed by atoms with van der Waals surface area (Å²) in [6, 6.07) is 0. The molecule has 1 aliphatic carbocycles. The molecule has 0 bridgehead atoms. The van der Waals surface area contributed by atoms with E-state index in [1.165, 1.54) is 52.7 Å². The molecule has 1 fully saturated rings. The second-order valence-corrected chi connectivity index (χ2v) is 13.1. The third-order valence-corrected chi connectivity index (χ3v) is 8.03. The summed E-state index contributed by atoms with van der Waals surface area (Å²) < 4.78 is 5.67. The maximum Gasteiger partial charge on any atom is 0.0892 e. The van der Waals surface area contributed by atoms with Crippen molar-refractivity contribution in [3.05, 3.63) is 130 Å². The predicted octanol–water partition coefficient (Wildman–Crippen LogP) is 12.0. The summed E-state index contributed by atoms with van der Waals surface area (Å²) in [5, 5.41) is 0. The first-order valence-electron chi connectivity index (χ1n) is 15.4. The van der Waals surface area contributed by atoms with Crippen molar-refractivity contribution < 1.29 is 4.74 Å². The van der Waals surface area contributed by atoms with E-state index in [1.54, 1.807) is 5.57 Å². The van der Waals surface area contributed by atoms with Crippen LogP contribution in [0.5, 0.6) is 0 Å². The van der Waals surface area contributed by atoms with Gasteiger partial charge in [-0.2, -0.15) is 0 Å². The number of hydrogen-bond acceptors (Lipinski definition) is 1. The van der Waals surface area contributed by atoms with Gasteiger partial charge in [-0.1, -0.05) is 138 Å². The SMILES string of the molecule is CC(C=CC=C(C)C=CC=C(C)CCC1OC1(C)C)=CC=CC=C(C)C=CC=C(C)C=CC1=C(C)CCCC1(C)C. The number of ether oxygens (including phenoxy) is 1. The molecule has 1 nitrogen and oxygen atoms in total. The van der Waals surface area contributed by atoms with Gasteiger partial charge in [0.05, 0.1) is 11.7 Å². The molecule has 1 heterocycles. The number of allylic oxidation sites excluding steroid dienone is 22.